The largest absolute Gasteiger partial charge is 0.481 e. The maximum atomic E-state index is 11.4. The number of H-pyrrole nitrogens is 1. The summed E-state index contributed by atoms with van der Waals surface area (Å²) in [6.07, 6.45) is 4.53. The fourth-order valence-corrected chi connectivity index (χ4v) is 4.63. The van der Waals surface area contributed by atoms with Gasteiger partial charge in [0.1, 0.15) is 0 Å². The van der Waals surface area contributed by atoms with E-state index < -0.39 is 5.97 Å². The first-order chi connectivity index (χ1) is 10.0. The van der Waals surface area contributed by atoms with E-state index in [4.69, 9.17) is 11.6 Å². The van der Waals surface area contributed by atoms with Gasteiger partial charge in [-0.1, -0.05) is 17.7 Å². The molecule has 4 rings (SSSR count). The highest BCUT2D eigenvalue weighted by molar-refractivity contribution is 6.32. The molecule has 2 atom stereocenters. The number of fused-ring (bicyclic) bond motifs is 5. The van der Waals surface area contributed by atoms with E-state index in [0.29, 0.717) is 5.92 Å². The summed E-state index contributed by atoms with van der Waals surface area (Å²) in [5.74, 6) is -0.175. The van der Waals surface area contributed by atoms with Gasteiger partial charge in [-0.25, -0.2) is 0 Å². The molecule has 2 aliphatic rings. The first-order valence-corrected chi connectivity index (χ1v) is 7.92. The minimum absolute atomic E-state index is 0.169. The van der Waals surface area contributed by atoms with E-state index in [1.807, 2.05) is 13.0 Å². The lowest BCUT2D eigenvalue weighted by Crippen LogP contribution is -2.49. The number of hydrogen-bond donors (Lipinski definition) is 2. The predicted molar refractivity (Wildman–Crippen MR) is 83.0 cm³/mol. The van der Waals surface area contributed by atoms with E-state index in [0.717, 1.165) is 41.8 Å². The molecule has 1 saturated carbocycles. The van der Waals surface area contributed by atoms with Crippen molar-refractivity contribution in [3.63, 3.8) is 0 Å². The van der Waals surface area contributed by atoms with Gasteiger partial charge in [-0.05, 0) is 55.7 Å². The Morgan fingerprint density at radius 2 is 2.29 bits per heavy atom. The minimum atomic E-state index is -0.694. The van der Waals surface area contributed by atoms with E-state index in [9.17, 15) is 9.90 Å². The van der Waals surface area contributed by atoms with Crippen LogP contribution >= 0.6 is 11.6 Å². The van der Waals surface area contributed by atoms with Crippen molar-refractivity contribution in [2.24, 2.45) is 5.92 Å². The second-order valence-corrected chi connectivity index (χ2v) is 6.98. The zero-order chi connectivity index (χ0) is 14.8. The molecule has 21 heavy (non-hydrogen) atoms. The summed E-state index contributed by atoms with van der Waals surface area (Å²) in [6.45, 7) is 2.02. The Balaban J connectivity index is 1.97. The Kier molecular flexibility index (Phi) is 2.68. The molecule has 0 amide bonds. The van der Waals surface area contributed by atoms with E-state index in [-0.39, 0.29) is 11.8 Å². The number of hydrogen-bond acceptors (Lipinski definition) is 1. The quantitative estimate of drug-likeness (QED) is 0.873. The van der Waals surface area contributed by atoms with Gasteiger partial charge in [0.2, 0.25) is 0 Å². The van der Waals surface area contributed by atoms with Crippen LogP contribution in [0.4, 0.5) is 0 Å². The first-order valence-electron chi connectivity index (χ1n) is 7.55. The molecule has 1 fully saturated rings. The highest BCUT2D eigenvalue weighted by atomic mass is 35.5. The fraction of sp³-hybridized carbons (Fsp3) is 0.471. The molecule has 0 aliphatic heterocycles. The maximum absolute atomic E-state index is 11.4. The minimum Gasteiger partial charge on any atom is -0.481 e. The van der Waals surface area contributed by atoms with Crippen LogP contribution in [-0.2, 0) is 16.6 Å². The maximum Gasteiger partial charge on any atom is 0.304 e. The van der Waals surface area contributed by atoms with Gasteiger partial charge in [0.05, 0.1) is 11.9 Å². The summed E-state index contributed by atoms with van der Waals surface area (Å²) >= 11 is 6.24. The molecule has 0 saturated heterocycles. The van der Waals surface area contributed by atoms with E-state index in [1.54, 1.807) is 0 Å². The summed E-state index contributed by atoms with van der Waals surface area (Å²) < 4.78 is 0. The number of aliphatic carboxylic acids is 1. The molecule has 0 radical (unpaired) electrons. The predicted octanol–water partition coefficient (Wildman–Crippen LogP) is 4.20. The number of carboxylic acids is 1. The van der Waals surface area contributed by atoms with Crippen molar-refractivity contribution in [1.29, 1.82) is 0 Å². The number of carbonyl (C=O) groups is 1. The van der Waals surface area contributed by atoms with Gasteiger partial charge >= 0.3 is 5.97 Å². The van der Waals surface area contributed by atoms with Crippen LogP contribution in [0, 0.1) is 12.8 Å². The Morgan fingerprint density at radius 1 is 1.48 bits per heavy atom. The van der Waals surface area contributed by atoms with Crippen LogP contribution in [0.25, 0.3) is 10.9 Å². The highest BCUT2D eigenvalue weighted by Crippen LogP contribution is 2.57. The molecule has 3 nitrogen and oxygen atoms in total. The van der Waals surface area contributed by atoms with Crippen LogP contribution in [-0.4, -0.2) is 16.1 Å². The SMILES string of the molecule is Cc1c(Cl)ccc2c3c([nH]c12)[C@]1(CC(=O)O)CC[C@@H]1CC3. The Labute approximate surface area is 128 Å². The molecule has 1 heterocycles. The summed E-state index contributed by atoms with van der Waals surface area (Å²) in [6, 6.07) is 4.03. The molecule has 0 unspecified atom stereocenters. The monoisotopic (exact) mass is 303 g/mol. The van der Waals surface area contributed by atoms with Crippen molar-refractivity contribution in [2.75, 3.05) is 0 Å². The van der Waals surface area contributed by atoms with Gasteiger partial charge in [-0.3, -0.25) is 4.79 Å². The number of rotatable bonds is 2. The average Bonchev–Trinajstić information content (AvgIpc) is 2.78. The average molecular weight is 304 g/mol. The van der Waals surface area contributed by atoms with Gasteiger partial charge < -0.3 is 10.1 Å². The number of halogens is 1. The van der Waals surface area contributed by atoms with Crippen LogP contribution in [0.5, 0.6) is 0 Å². The third-order valence-electron chi connectivity index (χ3n) is 5.70. The van der Waals surface area contributed by atoms with Gasteiger partial charge in [-0.2, -0.15) is 0 Å². The number of benzene rings is 1. The van der Waals surface area contributed by atoms with Crippen molar-refractivity contribution in [1.82, 2.24) is 4.98 Å². The number of aryl methyl sites for hydroxylation is 2. The van der Waals surface area contributed by atoms with Gasteiger partial charge in [0.25, 0.3) is 0 Å². The lowest BCUT2D eigenvalue weighted by molar-refractivity contribution is -0.141. The normalized spacial score (nSPS) is 27.0. The van der Waals surface area contributed by atoms with Gasteiger partial charge in [0.15, 0.2) is 0 Å². The number of aromatic nitrogens is 1. The highest BCUT2D eigenvalue weighted by Gasteiger charge is 2.53. The number of nitrogens with one attached hydrogen (secondary N) is 1. The Morgan fingerprint density at radius 3 is 2.95 bits per heavy atom. The zero-order valence-electron chi connectivity index (χ0n) is 12.0. The summed E-state index contributed by atoms with van der Waals surface area (Å²) in [4.78, 5) is 14.9. The molecular weight excluding hydrogens is 286 g/mol. The Hall–Kier alpha value is -1.48. The van der Waals surface area contributed by atoms with Crippen molar-refractivity contribution in [2.45, 2.75) is 44.4 Å². The molecule has 1 aromatic heterocycles. The second-order valence-electron chi connectivity index (χ2n) is 6.57. The molecule has 0 bridgehead atoms. The van der Waals surface area contributed by atoms with Crippen LogP contribution < -0.4 is 0 Å². The molecule has 1 aromatic carbocycles. The molecular formula is C17H18ClNO2. The zero-order valence-corrected chi connectivity index (χ0v) is 12.8. The fourth-order valence-electron chi connectivity index (χ4n) is 4.47. The topological polar surface area (TPSA) is 53.1 Å². The standard InChI is InChI=1S/C17H18ClNO2/c1-9-13(18)5-4-11-12-3-2-10-6-7-17(10,8-14(20)21)16(12)19-15(9)11/h4-5,10,19H,2-3,6-8H2,1H3,(H,20,21)/t10-,17-/m0/s1. The second kappa shape index (κ2) is 4.26. The van der Waals surface area contributed by atoms with Crippen molar-refractivity contribution < 1.29 is 9.90 Å². The number of carboxylic acid groups (broad SMARTS) is 1. The van der Waals surface area contributed by atoms with Crippen molar-refractivity contribution in [3.05, 3.63) is 34.0 Å². The molecule has 110 valence electrons. The van der Waals surface area contributed by atoms with Gasteiger partial charge in [-0.15, -0.1) is 0 Å². The van der Waals surface area contributed by atoms with E-state index >= 15 is 0 Å². The molecule has 0 spiro atoms. The van der Waals surface area contributed by atoms with Crippen LogP contribution in [0.3, 0.4) is 0 Å². The van der Waals surface area contributed by atoms with Crippen molar-refractivity contribution >= 4 is 28.5 Å². The summed E-state index contributed by atoms with van der Waals surface area (Å²) in [5.41, 5.74) is 4.47. The van der Waals surface area contributed by atoms with Crippen LogP contribution in [0.2, 0.25) is 5.02 Å². The lowest BCUT2D eigenvalue weighted by atomic mass is 9.52. The Bertz CT molecular complexity index is 764. The smallest absolute Gasteiger partial charge is 0.304 e. The van der Waals surface area contributed by atoms with Crippen molar-refractivity contribution in [3.8, 4) is 0 Å². The molecule has 2 N–H and O–H groups in total. The lowest BCUT2D eigenvalue weighted by Gasteiger charge is -2.52. The van der Waals surface area contributed by atoms with E-state index in [2.05, 4.69) is 11.1 Å². The summed E-state index contributed by atoms with van der Waals surface area (Å²) in [5, 5.41) is 11.3. The number of aromatic amines is 1. The van der Waals surface area contributed by atoms with Crippen LogP contribution in [0.1, 0.15) is 42.5 Å². The first kappa shape index (κ1) is 13.2. The molecule has 4 heteroatoms. The van der Waals surface area contributed by atoms with Crippen LogP contribution in [0.15, 0.2) is 12.1 Å². The third kappa shape index (κ3) is 1.64. The third-order valence-corrected chi connectivity index (χ3v) is 6.11. The summed E-state index contributed by atoms with van der Waals surface area (Å²) in [7, 11) is 0. The van der Waals surface area contributed by atoms with E-state index in [1.165, 1.54) is 16.6 Å². The van der Waals surface area contributed by atoms with Gasteiger partial charge in [0, 0.05) is 21.5 Å². The molecule has 2 aromatic rings. The molecule has 2 aliphatic carbocycles.